The van der Waals surface area contributed by atoms with Crippen LogP contribution in [0.1, 0.15) is 33.6 Å². The van der Waals surface area contributed by atoms with E-state index in [2.05, 4.69) is 0 Å². The summed E-state index contributed by atoms with van der Waals surface area (Å²) in [7, 11) is 0. The van der Waals surface area contributed by atoms with Crippen molar-refractivity contribution < 1.29 is 14.8 Å². The third-order valence-electron chi connectivity index (χ3n) is 3.13. The fourth-order valence-corrected chi connectivity index (χ4v) is 2.15. The Labute approximate surface area is 102 Å². The molecule has 1 fully saturated rings. The number of allylic oxidation sites excluding steroid dienone is 1. The summed E-state index contributed by atoms with van der Waals surface area (Å²) in [6, 6.07) is 0. The zero-order chi connectivity index (χ0) is 13.0. The number of aliphatic hydroxyl groups is 1. The van der Waals surface area contributed by atoms with E-state index in [1.54, 1.807) is 0 Å². The fraction of sp³-hybridized carbons (Fsp3) is 0.833. The first kappa shape index (κ1) is 14.1. The molecular formula is C12H21NO4. The molecule has 0 aromatic rings. The number of rotatable bonds is 4. The van der Waals surface area contributed by atoms with Gasteiger partial charge in [-0.1, -0.05) is 18.6 Å². The van der Waals surface area contributed by atoms with E-state index < -0.39 is 6.10 Å². The zero-order valence-corrected chi connectivity index (χ0v) is 10.6. The van der Waals surface area contributed by atoms with Crippen molar-refractivity contribution in [2.45, 2.75) is 51.9 Å². The highest BCUT2D eigenvalue weighted by molar-refractivity contribution is 5.01. The third kappa shape index (κ3) is 4.44. The van der Waals surface area contributed by atoms with Crippen molar-refractivity contribution in [2.24, 2.45) is 5.92 Å². The fourth-order valence-electron chi connectivity index (χ4n) is 2.15. The number of nitro groups is 1. The molecule has 4 atom stereocenters. The molecule has 0 radical (unpaired) electrons. The molecule has 5 nitrogen and oxygen atoms in total. The van der Waals surface area contributed by atoms with Gasteiger partial charge in [-0.05, 0) is 13.8 Å². The summed E-state index contributed by atoms with van der Waals surface area (Å²) in [5.74, 6) is -0.0447. The highest BCUT2D eigenvalue weighted by Gasteiger charge is 2.34. The molecule has 1 heterocycles. The van der Waals surface area contributed by atoms with Crippen LogP contribution in [0.15, 0.2) is 11.6 Å². The Kier molecular flexibility index (Phi) is 5.08. The Hall–Kier alpha value is -0.940. The lowest BCUT2D eigenvalue weighted by Crippen LogP contribution is -2.43. The number of nitrogens with zero attached hydrogens (tertiary/aromatic N) is 1. The second-order valence-electron chi connectivity index (χ2n) is 4.96. The second kappa shape index (κ2) is 6.12. The molecule has 1 rings (SSSR count). The van der Waals surface area contributed by atoms with Gasteiger partial charge in [-0.3, -0.25) is 10.1 Å². The van der Waals surface area contributed by atoms with Gasteiger partial charge < -0.3 is 9.84 Å². The van der Waals surface area contributed by atoms with Gasteiger partial charge in [0.1, 0.15) is 0 Å². The third-order valence-corrected chi connectivity index (χ3v) is 3.13. The lowest BCUT2D eigenvalue weighted by atomic mass is 9.88. The summed E-state index contributed by atoms with van der Waals surface area (Å²) in [5.41, 5.74) is 1.13. The maximum Gasteiger partial charge on any atom is 0.206 e. The highest BCUT2D eigenvalue weighted by Crippen LogP contribution is 2.28. The molecule has 0 aromatic heterocycles. The van der Waals surface area contributed by atoms with E-state index in [1.165, 1.54) is 0 Å². The van der Waals surface area contributed by atoms with Gasteiger partial charge in [-0.15, -0.1) is 0 Å². The van der Waals surface area contributed by atoms with Gasteiger partial charge in [0.2, 0.25) is 6.54 Å². The Balaban J connectivity index is 2.61. The van der Waals surface area contributed by atoms with Crippen molar-refractivity contribution in [2.75, 3.05) is 6.54 Å². The molecule has 1 N–H and O–H groups in total. The SMILES string of the molecule is CC(C)=C[C@@H]1C[C@H](O)[C@H](C)[C@H](CC[N+](=O)[O-])O1. The number of aliphatic hydroxyl groups excluding tert-OH is 1. The van der Waals surface area contributed by atoms with E-state index in [1.807, 2.05) is 26.8 Å². The lowest BCUT2D eigenvalue weighted by molar-refractivity contribution is -0.483. The van der Waals surface area contributed by atoms with Crippen LogP contribution in [0.25, 0.3) is 0 Å². The van der Waals surface area contributed by atoms with E-state index in [-0.39, 0.29) is 29.6 Å². The molecule has 1 saturated heterocycles. The van der Waals surface area contributed by atoms with Gasteiger partial charge in [0.15, 0.2) is 0 Å². The molecule has 0 aromatic carbocycles. The monoisotopic (exact) mass is 243 g/mol. The predicted molar refractivity (Wildman–Crippen MR) is 64.4 cm³/mol. The zero-order valence-electron chi connectivity index (χ0n) is 10.6. The molecule has 0 saturated carbocycles. The maximum atomic E-state index is 10.4. The number of ether oxygens (including phenoxy) is 1. The first-order valence-electron chi connectivity index (χ1n) is 6.00. The van der Waals surface area contributed by atoms with Crippen molar-refractivity contribution in [3.8, 4) is 0 Å². The largest absolute Gasteiger partial charge is 0.393 e. The van der Waals surface area contributed by atoms with E-state index >= 15 is 0 Å². The molecule has 1 aliphatic heterocycles. The van der Waals surface area contributed by atoms with Crippen molar-refractivity contribution >= 4 is 0 Å². The summed E-state index contributed by atoms with van der Waals surface area (Å²) in [4.78, 5) is 10.0. The van der Waals surface area contributed by atoms with Crippen molar-refractivity contribution in [1.29, 1.82) is 0 Å². The topological polar surface area (TPSA) is 72.6 Å². The molecule has 0 spiro atoms. The highest BCUT2D eigenvalue weighted by atomic mass is 16.6. The lowest BCUT2D eigenvalue weighted by Gasteiger charge is -2.37. The van der Waals surface area contributed by atoms with Crippen LogP contribution >= 0.6 is 0 Å². The molecule has 0 aliphatic carbocycles. The van der Waals surface area contributed by atoms with Crippen LogP contribution in [0.5, 0.6) is 0 Å². The Bertz CT molecular complexity index is 299. The van der Waals surface area contributed by atoms with E-state index in [4.69, 9.17) is 4.74 Å². The summed E-state index contributed by atoms with van der Waals surface area (Å²) in [5, 5.41) is 20.3. The van der Waals surface area contributed by atoms with Crippen molar-refractivity contribution in [3.05, 3.63) is 21.8 Å². The predicted octanol–water partition coefficient (Wildman–Crippen LogP) is 1.77. The summed E-state index contributed by atoms with van der Waals surface area (Å²) >= 11 is 0. The van der Waals surface area contributed by atoms with Crippen LogP contribution in [0.3, 0.4) is 0 Å². The smallest absolute Gasteiger partial charge is 0.206 e. The molecule has 98 valence electrons. The normalized spacial score (nSPS) is 33.2. The van der Waals surface area contributed by atoms with E-state index in [0.717, 1.165) is 5.57 Å². The summed E-state index contributed by atoms with van der Waals surface area (Å²) in [6.45, 7) is 5.72. The molecule has 0 bridgehead atoms. The minimum absolute atomic E-state index is 0.0447. The second-order valence-corrected chi connectivity index (χ2v) is 4.96. The van der Waals surface area contributed by atoms with Gasteiger partial charge in [-0.25, -0.2) is 0 Å². The van der Waals surface area contributed by atoms with Crippen LogP contribution < -0.4 is 0 Å². The Morgan fingerprint density at radius 1 is 1.59 bits per heavy atom. The molecule has 17 heavy (non-hydrogen) atoms. The minimum atomic E-state index is -0.443. The van der Waals surface area contributed by atoms with Crippen LogP contribution in [-0.4, -0.2) is 34.9 Å². The summed E-state index contributed by atoms with van der Waals surface area (Å²) < 4.78 is 5.79. The average molecular weight is 243 g/mol. The molecule has 1 aliphatic rings. The average Bonchev–Trinajstić information content (AvgIpc) is 2.20. The van der Waals surface area contributed by atoms with Gasteiger partial charge in [0.25, 0.3) is 0 Å². The van der Waals surface area contributed by atoms with Crippen molar-refractivity contribution in [1.82, 2.24) is 0 Å². The number of hydrogen-bond donors (Lipinski definition) is 1. The molecule has 0 unspecified atom stereocenters. The van der Waals surface area contributed by atoms with Crippen molar-refractivity contribution in [3.63, 3.8) is 0 Å². The Morgan fingerprint density at radius 3 is 2.76 bits per heavy atom. The standard InChI is InChI=1S/C12H21NO4/c1-8(2)6-10-7-11(14)9(3)12(17-10)4-5-13(15)16/h6,9-12,14H,4-5,7H2,1-3H3/t9-,10+,11-,12-/m0/s1. The first-order chi connectivity index (χ1) is 7.90. The Morgan fingerprint density at radius 2 is 2.24 bits per heavy atom. The maximum absolute atomic E-state index is 10.4. The van der Waals surface area contributed by atoms with Gasteiger partial charge >= 0.3 is 0 Å². The molecular weight excluding hydrogens is 222 g/mol. The van der Waals surface area contributed by atoms with E-state index in [9.17, 15) is 15.2 Å². The molecule has 5 heteroatoms. The van der Waals surface area contributed by atoms with Crippen LogP contribution in [0, 0.1) is 16.0 Å². The molecule has 0 amide bonds. The van der Waals surface area contributed by atoms with Crippen LogP contribution in [0.4, 0.5) is 0 Å². The first-order valence-corrected chi connectivity index (χ1v) is 6.00. The quantitative estimate of drug-likeness (QED) is 0.464. The van der Waals surface area contributed by atoms with Crippen LogP contribution in [0.2, 0.25) is 0 Å². The summed E-state index contributed by atoms with van der Waals surface area (Å²) in [6.07, 6.45) is 2.10. The van der Waals surface area contributed by atoms with Gasteiger partial charge in [0, 0.05) is 23.7 Å². The van der Waals surface area contributed by atoms with Crippen LogP contribution in [-0.2, 0) is 4.74 Å². The minimum Gasteiger partial charge on any atom is -0.393 e. The number of hydrogen-bond acceptors (Lipinski definition) is 4. The van der Waals surface area contributed by atoms with Gasteiger partial charge in [-0.2, -0.15) is 0 Å². The van der Waals surface area contributed by atoms with E-state index in [0.29, 0.717) is 12.8 Å². The van der Waals surface area contributed by atoms with Gasteiger partial charge in [0.05, 0.1) is 18.3 Å².